The molecule has 0 fully saturated rings. The molecule has 1 heterocycles. The molecule has 0 aliphatic carbocycles. The molecule has 3 aromatic carbocycles. The highest BCUT2D eigenvalue weighted by Gasteiger charge is 2.14. The molecular weight excluding hydrogens is 502 g/mol. The number of ether oxygens (including phenoxy) is 1. The SMILES string of the molecule is CC(C)(C)c1ccc(OCCn2c(CCCNC(=O)c3ccc(Br)cc3)nc3ccccc32)cc1. The summed E-state index contributed by atoms with van der Waals surface area (Å²) in [6.45, 7) is 8.49. The van der Waals surface area contributed by atoms with E-state index in [1.807, 2.05) is 54.6 Å². The van der Waals surface area contributed by atoms with Crippen molar-refractivity contribution in [1.82, 2.24) is 14.9 Å². The predicted molar refractivity (Wildman–Crippen MR) is 145 cm³/mol. The van der Waals surface area contributed by atoms with Crippen LogP contribution in [0.3, 0.4) is 0 Å². The Morgan fingerprint density at radius 2 is 1.71 bits per heavy atom. The number of amides is 1. The molecule has 1 amide bonds. The monoisotopic (exact) mass is 533 g/mol. The van der Waals surface area contributed by atoms with Gasteiger partial charge in [0.15, 0.2) is 0 Å². The molecule has 1 aromatic heterocycles. The second-order valence-corrected chi connectivity index (χ2v) is 10.6. The molecule has 0 saturated heterocycles. The zero-order valence-electron chi connectivity index (χ0n) is 20.6. The number of hydrogen-bond donors (Lipinski definition) is 1. The summed E-state index contributed by atoms with van der Waals surface area (Å²) in [6, 6.07) is 23.9. The normalized spacial score (nSPS) is 11.5. The van der Waals surface area contributed by atoms with E-state index < -0.39 is 0 Å². The van der Waals surface area contributed by atoms with Crippen molar-refractivity contribution in [1.29, 1.82) is 0 Å². The summed E-state index contributed by atoms with van der Waals surface area (Å²) in [5, 5.41) is 3.01. The summed E-state index contributed by atoms with van der Waals surface area (Å²) in [7, 11) is 0. The number of carbonyl (C=O) groups is 1. The van der Waals surface area contributed by atoms with E-state index in [-0.39, 0.29) is 11.3 Å². The van der Waals surface area contributed by atoms with Crippen molar-refractivity contribution in [3.8, 4) is 5.75 Å². The van der Waals surface area contributed by atoms with Crippen LogP contribution in [-0.2, 0) is 18.4 Å². The minimum atomic E-state index is -0.0584. The van der Waals surface area contributed by atoms with Gasteiger partial charge in [-0.05, 0) is 65.9 Å². The number of benzene rings is 3. The van der Waals surface area contributed by atoms with E-state index in [1.165, 1.54) is 5.56 Å². The Kier molecular flexibility index (Phi) is 7.91. The number of nitrogens with zero attached hydrogens (tertiary/aromatic N) is 2. The van der Waals surface area contributed by atoms with E-state index in [4.69, 9.17) is 9.72 Å². The lowest BCUT2D eigenvalue weighted by atomic mass is 9.87. The van der Waals surface area contributed by atoms with Crippen LogP contribution in [0, 0.1) is 0 Å². The van der Waals surface area contributed by atoms with Crippen LogP contribution < -0.4 is 10.1 Å². The third-order valence-corrected chi connectivity index (χ3v) is 6.54. The summed E-state index contributed by atoms with van der Waals surface area (Å²) in [4.78, 5) is 17.2. The van der Waals surface area contributed by atoms with Crippen molar-refractivity contribution in [3.05, 3.63) is 94.2 Å². The third-order valence-electron chi connectivity index (χ3n) is 6.01. The Bertz CT molecular complexity index is 1270. The Balaban J connectivity index is 1.35. The Morgan fingerprint density at radius 3 is 2.43 bits per heavy atom. The summed E-state index contributed by atoms with van der Waals surface area (Å²) < 4.78 is 9.25. The van der Waals surface area contributed by atoms with Gasteiger partial charge in [-0.1, -0.05) is 61.0 Å². The summed E-state index contributed by atoms with van der Waals surface area (Å²) in [5.41, 5.74) is 4.16. The molecule has 35 heavy (non-hydrogen) atoms. The Hall–Kier alpha value is -3.12. The lowest BCUT2D eigenvalue weighted by molar-refractivity contribution is 0.0953. The smallest absolute Gasteiger partial charge is 0.251 e. The number of aromatic nitrogens is 2. The molecule has 6 heteroatoms. The number of carbonyl (C=O) groups excluding carboxylic acids is 1. The lowest BCUT2D eigenvalue weighted by Gasteiger charge is -2.19. The van der Waals surface area contributed by atoms with Gasteiger partial charge in [-0.25, -0.2) is 4.98 Å². The number of rotatable bonds is 9. The van der Waals surface area contributed by atoms with Gasteiger partial charge in [-0.15, -0.1) is 0 Å². The van der Waals surface area contributed by atoms with Gasteiger partial charge in [0.1, 0.15) is 18.2 Å². The highest BCUT2D eigenvalue weighted by atomic mass is 79.9. The lowest BCUT2D eigenvalue weighted by Crippen LogP contribution is -2.25. The molecule has 0 radical (unpaired) electrons. The van der Waals surface area contributed by atoms with Gasteiger partial charge in [0.2, 0.25) is 0 Å². The Morgan fingerprint density at radius 1 is 1.00 bits per heavy atom. The average Bonchev–Trinajstić information content (AvgIpc) is 3.19. The molecule has 4 rings (SSSR count). The molecule has 0 bridgehead atoms. The molecule has 0 atom stereocenters. The van der Waals surface area contributed by atoms with Crippen molar-refractivity contribution >= 4 is 32.9 Å². The number of nitrogens with one attached hydrogen (secondary N) is 1. The maximum atomic E-state index is 12.4. The predicted octanol–water partition coefficient (Wildman–Crippen LogP) is 6.54. The highest BCUT2D eigenvalue weighted by Crippen LogP contribution is 2.24. The van der Waals surface area contributed by atoms with Crippen LogP contribution in [0.2, 0.25) is 0 Å². The van der Waals surface area contributed by atoms with Crippen LogP contribution in [0.15, 0.2) is 77.3 Å². The van der Waals surface area contributed by atoms with Gasteiger partial charge < -0.3 is 14.6 Å². The first-order valence-electron chi connectivity index (χ1n) is 12.0. The molecule has 5 nitrogen and oxygen atoms in total. The van der Waals surface area contributed by atoms with E-state index in [2.05, 4.69) is 64.8 Å². The third kappa shape index (κ3) is 6.51. The van der Waals surface area contributed by atoms with Gasteiger partial charge >= 0.3 is 0 Å². The highest BCUT2D eigenvalue weighted by molar-refractivity contribution is 9.10. The fourth-order valence-corrected chi connectivity index (χ4v) is 4.29. The largest absolute Gasteiger partial charge is 0.492 e. The van der Waals surface area contributed by atoms with Crippen molar-refractivity contribution in [2.45, 2.75) is 45.6 Å². The second-order valence-electron chi connectivity index (χ2n) is 9.66. The molecule has 4 aromatic rings. The average molecular weight is 534 g/mol. The van der Waals surface area contributed by atoms with Crippen molar-refractivity contribution in [2.75, 3.05) is 13.2 Å². The molecule has 0 spiro atoms. The number of fused-ring (bicyclic) bond motifs is 1. The van der Waals surface area contributed by atoms with Crippen LogP contribution >= 0.6 is 15.9 Å². The zero-order valence-corrected chi connectivity index (χ0v) is 22.1. The zero-order chi connectivity index (χ0) is 24.8. The number of imidazole rings is 1. The quantitative estimate of drug-likeness (QED) is 0.248. The second kappa shape index (κ2) is 11.1. The Labute approximate surface area is 215 Å². The van der Waals surface area contributed by atoms with E-state index in [9.17, 15) is 4.79 Å². The first-order chi connectivity index (χ1) is 16.8. The van der Waals surface area contributed by atoms with Crippen LogP contribution in [-0.4, -0.2) is 28.6 Å². The van der Waals surface area contributed by atoms with Gasteiger partial charge in [-0.2, -0.15) is 0 Å². The van der Waals surface area contributed by atoms with E-state index >= 15 is 0 Å². The maximum Gasteiger partial charge on any atom is 0.251 e. The molecule has 182 valence electrons. The van der Waals surface area contributed by atoms with Gasteiger partial charge in [0.05, 0.1) is 17.6 Å². The maximum absolute atomic E-state index is 12.4. The van der Waals surface area contributed by atoms with Crippen LogP contribution in [0.25, 0.3) is 11.0 Å². The fraction of sp³-hybridized carbons (Fsp3) is 0.310. The summed E-state index contributed by atoms with van der Waals surface area (Å²) in [5.74, 6) is 1.83. The minimum absolute atomic E-state index is 0.0584. The first kappa shape index (κ1) is 25.0. The number of aryl methyl sites for hydroxylation is 1. The molecule has 0 aliphatic heterocycles. The van der Waals surface area contributed by atoms with Crippen LogP contribution in [0.1, 0.15) is 48.9 Å². The van der Waals surface area contributed by atoms with Crippen molar-refractivity contribution < 1.29 is 9.53 Å². The van der Waals surface area contributed by atoms with E-state index in [1.54, 1.807) is 0 Å². The molecule has 0 aliphatic rings. The van der Waals surface area contributed by atoms with Crippen molar-refractivity contribution in [2.24, 2.45) is 0 Å². The topological polar surface area (TPSA) is 56.1 Å². The van der Waals surface area contributed by atoms with Gasteiger partial charge in [0.25, 0.3) is 5.91 Å². The van der Waals surface area contributed by atoms with E-state index in [0.29, 0.717) is 25.3 Å². The van der Waals surface area contributed by atoms with Crippen LogP contribution in [0.5, 0.6) is 5.75 Å². The van der Waals surface area contributed by atoms with E-state index in [0.717, 1.165) is 39.9 Å². The van der Waals surface area contributed by atoms with Gasteiger partial charge in [-0.3, -0.25) is 4.79 Å². The number of hydrogen-bond acceptors (Lipinski definition) is 3. The number of halogens is 1. The fourth-order valence-electron chi connectivity index (χ4n) is 4.02. The van der Waals surface area contributed by atoms with Crippen LogP contribution in [0.4, 0.5) is 0 Å². The first-order valence-corrected chi connectivity index (χ1v) is 12.8. The summed E-state index contributed by atoms with van der Waals surface area (Å²) in [6.07, 6.45) is 1.58. The number of para-hydroxylation sites is 2. The van der Waals surface area contributed by atoms with Crippen molar-refractivity contribution in [3.63, 3.8) is 0 Å². The standard InChI is InChI=1S/C29H32BrN3O2/c1-29(2,3)22-12-16-24(17-13-22)35-20-19-33-26-8-5-4-7-25(26)32-27(33)9-6-18-31-28(34)21-10-14-23(30)15-11-21/h4-5,7-8,10-17H,6,9,18-20H2,1-3H3,(H,31,34). The molecule has 0 saturated carbocycles. The summed E-state index contributed by atoms with van der Waals surface area (Å²) >= 11 is 3.40. The molecule has 1 N–H and O–H groups in total. The minimum Gasteiger partial charge on any atom is -0.492 e. The molecule has 0 unspecified atom stereocenters. The van der Waals surface area contributed by atoms with Gasteiger partial charge in [0, 0.05) is 23.0 Å². The molecular formula is C29H32BrN3O2.